The molecule has 110 valence electrons. The van der Waals surface area contributed by atoms with Crippen molar-refractivity contribution in [2.24, 2.45) is 5.92 Å². The van der Waals surface area contributed by atoms with Crippen molar-refractivity contribution in [3.8, 4) is 0 Å². The molecular formula is C17H25NO2. The van der Waals surface area contributed by atoms with E-state index >= 15 is 0 Å². The second-order valence-corrected chi connectivity index (χ2v) is 5.84. The van der Waals surface area contributed by atoms with E-state index in [-0.39, 0.29) is 11.9 Å². The second-order valence-electron chi connectivity index (χ2n) is 5.84. The Morgan fingerprint density at radius 2 is 2.20 bits per heavy atom. The van der Waals surface area contributed by atoms with Crippen LogP contribution in [-0.2, 0) is 9.53 Å². The summed E-state index contributed by atoms with van der Waals surface area (Å²) in [6.07, 6.45) is 13.3. The van der Waals surface area contributed by atoms with E-state index in [1.807, 2.05) is 12.3 Å². The predicted molar refractivity (Wildman–Crippen MR) is 79.4 cm³/mol. The minimum Gasteiger partial charge on any atom is -0.469 e. The summed E-state index contributed by atoms with van der Waals surface area (Å²) in [5, 5.41) is 0. The molecule has 1 heterocycles. The molecule has 0 bridgehead atoms. The predicted octanol–water partition coefficient (Wildman–Crippen LogP) is 4.09. The average molecular weight is 275 g/mol. The van der Waals surface area contributed by atoms with Crippen molar-refractivity contribution in [2.75, 3.05) is 7.11 Å². The second kappa shape index (κ2) is 8.03. The Balaban J connectivity index is 1.93. The molecule has 0 aliphatic heterocycles. The van der Waals surface area contributed by atoms with E-state index < -0.39 is 0 Å². The van der Waals surface area contributed by atoms with Gasteiger partial charge >= 0.3 is 5.97 Å². The van der Waals surface area contributed by atoms with E-state index in [9.17, 15) is 4.79 Å². The lowest BCUT2D eigenvalue weighted by atomic mass is 9.82. The van der Waals surface area contributed by atoms with Crippen molar-refractivity contribution in [2.45, 2.75) is 57.3 Å². The Hall–Kier alpha value is -1.38. The van der Waals surface area contributed by atoms with Crippen LogP contribution in [0.2, 0.25) is 0 Å². The van der Waals surface area contributed by atoms with Gasteiger partial charge in [-0.15, -0.1) is 0 Å². The number of carbonyl (C=O) groups excluding carboxylic acids is 1. The lowest BCUT2D eigenvalue weighted by Gasteiger charge is -2.24. The molecule has 0 radical (unpaired) electrons. The zero-order chi connectivity index (χ0) is 14.2. The molecule has 1 fully saturated rings. The Labute approximate surface area is 121 Å². The molecule has 3 heteroatoms. The molecule has 1 atom stereocenters. The maximum Gasteiger partial charge on any atom is 0.306 e. The van der Waals surface area contributed by atoms with Gasteiger partial charge in [-0.1, -0.05) is 38.2 Å². The fourth-order valence-corrected chi connectivity index (χ4v) is 3.20. The summed E-state index contributed by atoms with van der Waals surface area (Å²) in [5.74, 6) is 0.973. The Bertz CT molecular complexity index is 399. The normalized spacial score (nSPS) is 17.6. The van der Waals surface area contributed by atoms with Gasteiger partial charge in [-0.2, -0.15) is 0 Å². The van der Waals surface area contributed by atoms with Crippen LogP contribution in [0.1, 0.15) is 62.8 Å². The minimum absolute atomic E-state index is 0.123. The molecule has 2 rings (SSSR count). The summed E-state index contributed by atoms with van der Waals surface area (Å²) in [6.45, 7) is 0. The molecule has 0 spiro atoms. The van der Waals surface area contributed by atoms with Gasteiger partial charge in [-0.05, 0) is 36.3 Å². The number of carbonyl (C=O) groups is 1. The first-order chi connectivity index (χ1) is 9.79. The van der Waals surface area contributed by atoms with E-state index in [1.54, 1.807) is 6.20 Å². The van der Waals surface area contributed by atoms with Crippen molar-refractivity contribution >= 4 is 5.97 Å². The van der Waals surface area contributed by atoms with Crippen LogP contribution in [0.25, 0.3) is 0 Å². The third-order valence-electron chi connectivity index (χ3n) is 4.44. The zero-order valence-electron chi connectivity index (χ0n) is 12.4. The lowest BCUT2D eigenvalue weighted by molar-refractivity contribution is -0.141. The van der Waals surface area contributed by atoms with Crippen LogP contribution >= 0.6 is 0 Å². The van der Waals surface area contributed by atoms with Crippen molar-refractivity contribution < 1.29 is 9.53 Å². The fraction of sp³-hybridized carbons (Fsp3) is 0.647. The minimum atomic E-state index is -0.123. The van der Waals surface area contributed by atoms with Crippen LogP contribution in [0.4, 0.5) is 0 Å². The highest BCUT2D eigenvalue weighted by Gasteiger charge is 2.20. The third-order valence-corrected chi connectivity index (χ3v) is 4.44. The quantitative estimate of drug-likeness (QED) is 0.734. The van der Waals surface area contributed by atoms with Gasteiger partial charge in [0.2, 0.25) is 0 Å². The third kappa shape index (κ3) is 4.62. The molecular weight excluding hydrogens is 250 g/mol. The number of methoxy groups -OCH3 is 1. The highest BCUT2D eigenvalue weighted by Crippen LogP contribution is 2.32. The number of ether oxygens (including phenoxy) is 1. The monoisotopic (exact) mass is 275 g/mol. The van der Waals surface area contributed by atoms with Gasteiger partial charge < -0.3 is 4.74 Å². The summed E-state index contributed by atoms with van der Waals surface area (Å²) < 4.78 is 4.83. The first-order valence-corrected chi connectivity index (χ1v) is 7.76. The number of hydrogen-bond acceptors (Lipinski definition) is 3. The van der Waals surface area contributed by atoms with Gasteiger partial charge in [0.1, 0.15) is 0 Å². The fourth-order valence-electron chi connectivity index (χ4n) is 3.20. The Morgan fingerprint density at radius 3 is 2.85 bits per heavy atom. The van der Waals surface area contributed by atoms with E-state index in [1.165, 1.54) is 45.6 Å². The van der Waals surface area contributed by atoms with Gasteiger partial charge in [0.25, 0.3) is 0 Å². The van der Waals surface area contributed by atoms with Crippen molar-refractivity contribution in [3.63, 3.8) is 0 Å². The summed E-state index contributed by atoms with van der Waals surface area (Å²) >= 11 is 0. The van der Waals surface area contributed by atoms with Crippen LogP contribution in [-0.4, -0.2) is 18.1 Å². The van der Waals surface area contributed by atoms with E-state index in [0.717, 1.165) is 17.9 Å². The van der Waals surface area contributed by atoms with E-state index in [0.29, 0.717) is 6.42 Å². The highest BCUT2D eigenvalue weighted by molar-refractivity contribution is 5.70. The van der Waals surface area contributed by atoms with Gasteiger partial charge in [0.05, 0.1) is 13.5 Å². The first kappa shape index (κ1) is 15.0. The molecule has 1 aliphatic carbocycles. The van der Waals surface area contributed by atoms with Crippen molar-refractivity contribution in [3.05, 3.63) is 30.1 Å². The molecule has 0 aromatic carbocycles. The molecule has 3 nitrogen and oxygen atoms in total. The van der Waals surface area contributed by atoms with Gasteiger partial charge in [0, 0.05) is 12.4 Å². The SMILES string of the molecule is COC(=O)CC(CCC1CCCCC1)c1cccnc1. The summed E-state index contributed by atoms with van der Waals surface area (Å²) in [7, 11) is 1.46. The topological polar surface area (TPSA) is 39.2 Å². The van der Waals surface area contributed by atoms with Crippen molar-refractivity contribution in [1.29, 1.82) is 0 Å². The summed E-state index contributed by atoms with van der Waals surface area (Å²) in [4.78, 5) is 15.8. The molecule has 1 aromatic heterocycles. The molecule has 1 unspecified atom stereocenters. The maximum atomic E-state index is 11.6. The zero-order valence-corrected chi connectivity index (χ0v) is 12.4. The van der Waals surface area contributed by atoms with Crippen LogP contribution < -0.4 is 0 Å². The molecule has 20 heavy (non-hydrogen) atoms. The smallest absolute Gasteiger partial charge is 0.306 e. The van der Waals surface area contributed by atoms with Crippen LogP contribution in [0, 0.1) is 5.92 Å². The molecule has 0 saturated heterocycles. The van der Waals surface area contributed by atoms with E-state index in [2.05, 4.69) is 11.1 Å². The van der Waals surface area contributed by atoms with Crippen molar-refractivity contribution in [1.82, 2.24) is 4.98 Å². The Kier molecular flexibility index (Phi) is 6.03. The van der Waals surface area contributed by atoms with Gasteiger partial charge in [0.15, 0.2) is 0 Å². The molecule has 1 aromatic rings. The molecule has 1 saturated carbocycles. The number of pyridine rings is 1. The number of aromatic nitrogens is 1. The van der Waals surface area contributed by atoms with Crippen LogP contribution in [0.5, 0.6) is 0 Å². The van der Waals surface area contributed by atoms with Gasteiger partial charge in [-0.3, -0.25) is 9.78 Å². The molecule has 0 amide bonds. The van der Waals surface area contributed by atoms with Crippen LogP contribution in [0.3, 0.4) is 0 Å². The number of esters is 1. The number of hydrogen-bond donors (Lipinski definition) is 0. The Morgan fingerprint density at radius 1 is 1.40 bits per heavy atom. The standard InChI is InChI=1S/C17H25NO2/c1-20-17(19)12-15(16-8-5-11-18-13-16)10-9-14-6-3-2-4-7-14/h5,8,11,13-15H,2-4,6-7,9-10,12H2,1H3. The summed E-state index contributed by atoms with van der Waals surface area (Å²) in [5.41, 5.74) is 1.16. The maximum absolute atomic E-state index is 11.6. The number of rotatable bonds is 6. The van der Waals surface area contributed by atoms with Crippen LogP contribution in [0.15, 0.2) is 24.5 Å². The van der Waals surface area contributed by atoms with E-state index in [4.69, 9.17) is 4.74 Å². The molecule has 0 N–H and O–H groups in total. The lowest BCUT2D eigenvalue weighted by Crippen LogP contribution is -2.12. The van der Waals surface area contributed by atoms with Gasteiger partial charge in [-0.25, -0.2) is 0 Å². The highest BCUT2D eigenvalue weighted by atomic mass is 16.5. The number of nitrogens with zero attached hydrogens (tertiary/aromatic N) is 1. The average Bonchev–Trinajstić information content (AvgIpc) is 2.53. The summed E-state index contributed by atoms with van der Waals surface area (Å²) in [6, 6.07) is 4.02. The first-order valence-electron chi connectivity index (χ1n) is 7.76. The molecule has 1 aliphatic rings. The largest absolute Gasteiger partial charge is 0.469 e.